The van der Waals surface area contributed by atoms with Gasteiger partial charge in [-0.3, -0.25) is 9.59 Å². The number of benzene rings is 1. The van der Waals surface area contributed by atoms with Crippen molar-refractivity contribution in [3.8, 4) is 11.1 Å². The summed E-state index contributed by atoms with van der Waals surface area (Å²) in [5.74, 6) is 0.592. The van der Waals surface area contributed by atoms with Crippen LogP contribution in [0.5, 0.6) is 0 Å². The molecule has 1 fully saturated rings. The Labute approximate surface area is 173 Å². The van der Waals surface area contributed by atoms with Crippen molar-refractivity contribution >= 4 is 17.2 Å². The van der Waals surface area contributed by atoms with Crippen molar-refractivity contribution in [3.05, 3.63) is 74.1 Å². The highest BCUT2D eigenvalue weighted by Crippen LogP contribution is 2.37. The van der Waals surface area contributed by atoms with Gasteiger partial charge in [0.15, 0.2) is 0 Å². The van der Waals surface area contributed by atoms with Crippen LogP contribution in [0.1, 0.15) is 38.4 Å². The van der Waals surface area contributed by atoms with Crippen LogP contribution >= 0.6 is 11.3 Å². The highest BCUT2D eigenvalue weighted by Gasteiger charge is 2.37. The van der Waals surface area contributed by atoms with E-state index in [1.165, 1.54) is 11.3 Å². The number of rotatable bonds is 2. The van der Waals surface area contributed by atoms with Gasteiger partial charge in [-0.2, -0.15) is 0 Å². The first kappa shape index (κ1) is 18.3. The molecule has 0 spiro atoms. The molecule has 0 aliphatic carbocycles. The van der Waals surface area contributed by atoms with Gasteiger partial charge in [0.25, 0.3) is 11.5 Å². The summed E-state index contributed by atoms with van der Waals surface area (Å²) in [5.41, 5.74) is 3.94. The van der Waals surface area contributed by atoms with Gasteiger partial charge in [-0.1, -0.05) is 30.3 Å². The summed E-state index contributed by atoms with van der Waals surface area (Å²) in [6.45, 7) is 5.89. The molecule has 148 valence electrons. The number of likely N-dealkylation sites (tertiary alicyclic amines) is 1. The minimum atomic E-state index is 0.0600. The van der Waals surface area contributed by atoms with Crippen LogP contribution in [0.2, 0.25) is 0 Å². The second kappa shape index (κ2) is 6.95. The van der Waals surface area contributed by atoms with Gasteiger partial charge in [0.2, 0.25) is 0 Å². The zero-order valence-corrected chi connectivity index (χ0v) is 17.4. The van der Waals surface area contributed by atoms with E-state index in [1.807, 2.05) is 53.6 Å². The molecule has 5 nitrogen and oxygen atoms in total. The Balaban J connectivity index is 1.49. The van der Waals surface area contributed by atoms with Crippen molar-refractivity contribution in [1.82, 2.24) is 14.5 Å². The summed E-state index contributed by atoms with van der Waals surface area (Å²) in [6, 6.07) is 13.9. The number of carbonyl (C=O) groups is 1. The molecule has 0 saturated carbocycles. The molecule has 1 amide bonds. The number of hydrogen-bond acceptors (Lipinski definition) is 4. The van der Waals surface area contributed by atoms with Crippen molar-refractivity contribution in [2.24, 2.45) is 5.92 Å². The Morgan fingerprint density at radius 1 is 1.07 bits per heavy atom. The minimum absolute atomic E-state index is 0.0600. The number of pyridine rings is 1. The Morgan fingerprint density at radius 3 is 2.59 bits per heavy atom. The molecular formula is C23H23N3O2S. The Kier molecular flexibility index (Phi) is 4.39. The fraction of sp³-hybridized carbons (Fsp3) is 0.348. The topological polar surface area (TPSA) is 55.2 Å². The third-order valence-corrected chi connectivity index (χ3v) is 7.11. The van der Waals surface area contributed by atoms with E-state index in [-0.39, 0.29) is 17.4 Å². The fourth-order valence-electron chi connectivity index (χ4n) is 4.80. The lowest BCUT2D eigenvalue weighted by Gasteiger charge is -2.42. The van der Waals surface area contributed by atoms with E-state index in [0.29, 0.717) is 25.6 Å². The van der Waals surface area contributed by atoms with Crippen LogP contribution in [-0.4, -0.2) is 33.4 Å². The van der Waals surface area contributed by atoms with Crippen LogP contribution in [0.15, 0.2) is 47.3 Å². The third-order valence-electron chi connectivity index (χ3n) is 6.05. The molecule has 1 aromatic carbocycles. The second-order valence-corrected chi connectivity index (χ2v) is 9.34. The maximum atomic E-state index is 13.2. The summed E-state index contributed by atoms with van der Waals surface area (Å²) in [5, 5.41) is 0.924. The molecule has 2 atom stereocenters. The van der Waals surface area contributed by atoms with Gasteiger partial charge in [-0.25, -0.2) is 4.98 Å². The largest absolute Gasteiger partial charge is 0.337 e. The number of carbonyl (C=O) groups excluding carboxylic acids is 1. The molecule has 29 heavy (non-hydrogen) atoms. The SMILES string of the molecule is Cc1nc(C)c(C(=O)N2C[C@@H]3C[C@H](C2)c2cc(-c4ccccc4)cc(=O)n2C3)s1. The van der Waals surface area contributed by atoms with Gasteiger partial charge in [0.05, 0.1) is 10.7 Å². The molecule has 1 saturated heterocycles. The van der Waals surface area contributed by atoms with E-state index in [4.69, 9.17) is 0 Å². The van der Waals surface area contributed by atoms with Crippen molar-refractivity contribution in [3.63, 3.8) is 0 Å². The fourth-order valence-corrected chi connectivity index (χ4v) is 5.68. The lowest BCUT2D eigenvalue weighted by atomic mass is 9.82. The van der Waals surface area contributed by atoms with Crippen molar-refractivity contribution in [1.29, 1.82) is 0 Å². The molecule has 2 aliphatic rings. The van der Waals surface area contributed by atoms with Crippen LogP contribution in [0.3, 0.4) is 0 Å². The van der Waals surface area contributed by atoms with Gasteiger partial charge >= 0.3 is 0 Å². The molecule has 2 aliphatic heterocycles. The molecule has 2 bridgehead atoms. The van der Waals surface area contributed by atoms with Crippen LogP contribution in [0, 0.1) is 19.8 Å². The number of fused-ring (bicyclic) bond motifs is 4. The van der Waals surface area contributed by atoms with Crippen molar-refractivity contribution in [2.75, 3.05) is 13.1 Å². The monoisotopic (exact) mass is 405 g/mol. The van der Waals surface area contributed by atoms with E-state index < -0.39 is 0 Å². The number of aryl methyl sites for hydroxylation is 2. The zero-order valence-electron chi connectivity index (χ0n) is 16.6. The average molecular weight is 406 g/mol. The predicted molar refractivity (Wildman–Crippen MR) is 114 cm³/mol. The molecule has 0 N–H and O–H groups in total. The smallest absolute Gasteiger partial charge is 0.265 e. The molecule has 0 radical (unpaired) electrons. The van der Waals surface area contributed by atoms with Gasteiger partial charge in [0.1, 0.15) is 4.88 Å². The van der Waals surface area contributed by atoms with Crippen LogP contribution < -0.4 is 5.56 Å². The van der Waals surface area contributed by atoms with Gasteiger partial charge in [-0.15, -0.1) is 11.3 Å². The number of nitrogens with zero attached hydrogens (tertiary/aromatic N) is 3. The summed E-state index contributed by atoms with van der Waals surface area (Å²) < 4.78 is 1.93. The van der Waals surface area contributed by atoms with E-state index in [2.05, 4.69) is 11.1 Å². The first-order valence-electron chi connectivity index (χ1n) is 10.0. The summed E-state index contributed by atoms with van der Waals surface area (Å²) in [4.78, 5) is 33.1. The number of amides is 1. The summed E-state index contributed by atoms with van der Waals surface area (Å²) in [6.07, 6.45) is 1.03. The summed E-state index contributed by atoms with van der Waals surface area (Å²) in [7, 11) is 0. The van der Waals surface area contributed by atoms with Gasteiger partial charge in [-0.05, 0) is 43.4 Å². The molecule has 4 heterocycles. The third kappa shape index (κ3) is 3.21. The number of hydrogen-bond donors (Lipinski definition) is 0. The normalized spacial score (nSPS) is 20.4. The van der Waals surface area contributed by atoms with E-state index in [9.17, 15) is 9.59 Å². The van der Waals surface area contributed by atoms with Crippen molar-refractivity contribution in [2.45, 2.75) is 32.7 Å². The number of thiazole rings is 1. The number of aromatic nitrogens is 2. The van der Waals surface area contributed by atoms with Gasteiger partial charge < -0.3 is 9.47 Å². The Hall–Kier alpha value is -2.73. The molecule has 2 aromatic heterocycles. The average Bonchev–Trinajstić information content (AvgIpc) is 3.06. The molecule has 6 heteroatoms. The molecule has 5 rings (SSSR count). The quantitative estimate of drug-likeness (QED) is 0.651. The minimum Gasteiger partial charge on any atom is -0.337 e. The van der Waals surface area contributed by atoms with Crippen LogP contribution in [0.4, 0.5) is 0 Å². The maximum absolute atomic E-state index is 13.2. The lowest BCUT2D eigenvalue weighted by molar-refractivity contribution is 0.0598. The van der Waals surface area contributed by atoms with E-state index in [1.54, 1.807) is 6.07 Å². The van der Waals surface area contributed by atoms with Crippen molar-refractivity contribution < 1.29 is 4.79 Å². The highest BCUT2D eigenvalue weighted by atomic mass is 32.1. The van der Waals surface area contributed by atoms with E-state index in [0.717, 1.165) is 38.8 Å². The second-order valence-electron chi connectivity index (χ2n) is 8.14. The highest BCUT2D eigenvalue weighted by molar-refractivity contribution is 7.13. The van der Waals surface area contributed by atoms with Crippen LogP contribution in [-0.2, 0) is 6.54 Å². The van der Waals surface area contributed by atoms with Gasteiger partial charge in [0, 0.05) is 37.3 Å². The lowest BCUT2D eigenvalue weighted by Crippen LogP contribution is -2.49. The maximum Gasteiger partial charge on any atom is 0.265 e. The molecule has 3 aromatic rings. The predicted octanol–water partition coefficient (Wildman–Crippen LogP) is 3.85. The molecule has 0 unspecified atom stereocenters. The molecular weight excluding hydrogens is 382 g/mol. The van der Waals surface area contributed by atoms with Crippen LogP contribution in [0.25, 0.3) is 11.1 Å². The Bertz CT molecular complexity index is 1150. The first-order valence-corrected chi connectivity index (χ1v) is 10.8. The standard InChI is InChI=1S/C23H23N3O2S/c1-14-22(29-15(2)24-14)23(28)25-11-16-8-19(13-25)20-9-18(10-21(27)26(20)12-16)17-6-4-3-5-7-17/h3-7,9-10,16,19H,8,11-13H2,1-2H3/t16-,19+/m0/s1. The summed E-state index contributed by atoms with van der Waals surface area (Å²) >= 11 is 1.47. The van der Waals surface area contributed by atoms with E-state index >= 15 is 0 Å². The first-order chi connectivity index (χ1) is 14.0. The number of piperidine rings is 1. The zero-order chi connectivity index (χ0) is 20.1. The Morgan fingerprint density at radius 2 is 1.86 bits per heavy atom.